The number of nitrogens with one attached hydrogen (secondary N) is 2. The summed E-state index contributed by atoms with van der Waals surface area (Å²) in [5, 5.41) is 6.05. The number of ether oxygens (including phenoxy) is 1. The molecule has 2 heterocycles. The van der Waals surface area contributed by atoms with Crippen molar-refractivity contribution < 1.29 is 22.7 Å². The Morgan fingerprint density at radius 2 is 1.96 bits per heavy atom. The van der Waals surface area contributed by atoms with E-state index in [9.17, 15) is 18.0 Å². The molecule has 2 aliphatic rings. The number of halogens is 5. The van der Waals surface area contributed by atoms with Gasteiger partial charge in [-0.15, -0.1) is 24.8 Å². The van der Waals surface area contributed by atoms with Crippen molar-refractivity contribution in [3.8, 4) is 0 Å². The maximum Gasteiger partial charge on any atom is 0.401 e. The Bertz CT molecular complexity index is 394. The van der Waals surface area contributed by atoms with E-state index < -0.39 is 18.3 Å². The van der Waals surface area contributed by atoms with Crippen molar-refractivity contribution >= 4 is 30.7 Å². The van der Waals surface area contributed by atoms with Crippen molar-refractivity contribution in [3.05, 3.63) is 0 Å². The Morgan fingerprint density at radius 1 is 1.33 bits per heavy atom. The molecule has 10 heteroatoms. The fraction of sp³-hybridized carbons (Fsp3) is 0.929. The maximum absolute atomic E-state index is 12.4. The van der Waals surface area contributed by atoms with Crippen molar-refractivity contribution in [2.45, 2.75) is 31.0 Å². The van der Waals surface area contributed by atoms with Gasteiger partial charge in [0.1, 0.15) is 5.60 Å². The second kappa shape index (κ2) is 10.0. The number of carbonyl (C=O) groups excluding carboxylic acids is 1. The lowest BCUT2D eigenvalue weighted by atomic mass is 9.91. The van der Waals surface area contributed by atoms with Gasteiger partial charge in [0.25, 0.3) is 5.91 Å². The number of hydrogen-bond donors (Lipinski definition) is 2. The molecule has 24 heavy (non-hydrogen) atoms. The molecule has 0 radical (unpaired) electrons. The zero-order valence-electron chi connectivity index (χ0n) is 13.7. The van der Waals surface area contributed by atoms with E-state index in [0.717, 1.165) is 13.1 Å². The SMILES string of the molecule is COC1(C(=O)NCC2CCN(CC(F)(F)F)C2)CCNCC1.Cl.Cl. The number of piperidine rings is 1. The number of rotatable bonds is 5. The van der Waals surface area contributed by atoms with Gasteiger partial charge < -0.3 is 15.4 Å². The molecule has 5 nitrogen and oxygen atoms in total. The minimum atomic E-state index is -4.16. The smallest absolute Gasteiger partial charge is 0.368 e. The highest BCUT2D eigenvalue weighted by Gasteiger charge is 2.40. The van der Waals surface area contributed by atoms with Crippen LogP contribution in [0.2, 0.25) is 0 Å². The molecule has 0 aromatic rings. The third kappa shape index (κ3) is 6.55. The van der Waals surface area contributed by atoms with Gasteiger partial charge in [0, 0.05) is 20.2 Å². The monoisotopic (exact) mass is 395 g/mol. The Morgan fingerprint density at radius 3 is 2.50 bits per heavy atom. The van der Waals surface area contributed by atoms with Gasteiger partial charge in [-0.2, -0.15) is 13.2 Å². The average molecular weight is 396 g/mol. The van der Waals surface area contributed by atoms with Crippen molar-refractivity contribution in [2.24, 2.45) is 5.92 Å². The van der Waals surface area contributed by atoms with Gasteiger partial charge in [0.2, 0.25) is 0 Å². The number of alkyl halides is 3. The summed E-state index contributed by atoms with van der Waals surface area (Å²) >= 11 is 0. The molecule has 2 fully saturated rings. The van der Waals surface area contributed by atoms with Crippen LogP contribution < -0.4 is 10.6 Å². The van der Waals surface area contributed by atoms with Crippen LogP contribution in [0.1, 0.15) is 19.3 Å². The van der Waals surface area contributed by atoms with Crippen molar-refractivity contribution in [2.75, 3.05) is 46.4 Å². The quantitative estimate of drug-likeness (QED) is 0.742. The first kappa shape index (κ1) is 23.7. The summed E-state index contributed by atoms with van der Waals surface area (Å²) in [5.41, 5.74) is -0.796. The molecule has 1 unspecified atom stereocenters. The van der Waals surface area contributed by atoms with E-state index in [0.29, 0.717) is 38.9 Å². The van der Waals surface area contributed by atoms with Crippen LogP contribution in [0, 0.1) is 5.92 Å². The molecule has 0 spiro atoms. The summed E-state index contributed by atoms with van der Waals surface area (Å²) in [6, 6.07) is 0. The topological polar surface area (TPSA) is 53.6 Å². The van der Waals surface area contributed by atoms with Crippen LogP contribution in [-0.4, -0.2) is 69.0 Å². The lowest BCUT2D eigenvalue weighted by molar-refractivity contribution is -0.147. The molecule has 0 aromatic carbocycles. The molecule has 2 N–H and O–H groups in total. The third-order valence-electron chi connectivity index (χ3n) is 4.54. The number of hydrogen-bond acceptors (Lipinski definition) is 4. The molecular weight excluding hydrogens is 370 g/mol. The molecule has 2 aliphatic heterocycles. The van der Waals surface area contributed by atoms with Crippen LogP contribution in [0.5, 0.6) is 0 Å². The van der Waals surface area contributed by atoms with Gasteiger partial charge >= 0.3 is 6.18 Å². The Kier molecular flexibility index (Phi) is 9.89. The zero-order valence-corrected chi connectivity index (χ0v) is 15.3. The minimum Gasteiger partial charge on any atom is -0.368 e. The Balaban J connectivity index is 0.00000264. The highest BCUT2D eigenvalue weighted by atomic mass is 35.5. The van der Waals surface area contributed by atoms with Crippen LogP contribution in [0.3, 0.4) is 0 Å². The predicted molar refractivity (Wildman–Crippen MR) is 90.0 cm³/mol. The van der Waals surface area contributed by atoms with E-state index in [4.69, 9.17) is 4.74 Å². The molecule has 2 saturated heterocycles. The molecular formula is C14H26Cl2F3N3O2. The van der Waals surface area contributed by atoms with Gasteiger partial charge in [-0.1, -0.05) is 0 Å². The Hall–Kier alpha value is -0.280. The summed E-state index contributed by atoms with van der Waals surface area (Å²) in [5.74, 6) is -0.0762. The van der Waals surface area contributed by atoms with Gasteiger partial charge in [-0.25, -0.2) is 0 Å². The lowest BCUT2D eigenvalue weighted by Crippen LogP contribution is -2.54. The van der Waals surface area contributed by atoms with Crippen LogP contribution in [-0.2, 0) is 9.53 Å². The van der Waals surface area contributed by atoms with Gasteiger partial charge in [-0.3, -0.25) is 9.69 Å². The van der Waals surface area contributed by atoms with Crippen LogP contribution in [0.4, 0.5) is 13.2 Å². The highest BCUT2D eigenvalue weighted by molar-refractivity contribution is 5.86. The van der Waals surface area contributed by atoms with E-state index in [1.165, 1.54) is 12.0 Å². The van der Waals surface area contributed by atoms with Crippen molar-refractivity contribution in [1.82, 2.24) is 15.5 Å². The standard InChI is InChI=1S/C14H24F3N3O2.2ClH/c1-22-13(3-5-18-6-4-13)12(21)19-8-11-2-7-20(9-11)10-14(15,16)17;;/h11,18H,2-10H2,1H3,(H,19,21);2*1H. The van der Waals surface area contributed by atoms with Crippen LogP contribution in [0.15, 0.2) is 0 Å². The number of nitrogens with zero attached hydrogens (tertiary/aromatic N) is 1. The number of methoxy groups -OCH3 is 1. The Labute approximate surface area is 152 Å². The molecule has 144 valence electrons. The van der Waals surface area contributed by atoms with Crippen LogP contribution >= 0.6 is 24.8 Å². The van der Waals surface area contributed by atoms with Gasteiger partial charge in [0.05, 0.1) is 6.54 Å². The first-order chi connectivity index (χ1) is 10.3. The summed E-state index contributed by atoms with van der Waals surface area (Å²) in [6.07, 6.45) is -2.26. The normalized spacial score (nSPS) is 23.9. The zero-order chi connectivity index (χ0) is 16.2. The maximum atomic E-state index is 12.4. The average Bonchev–Trinajstić information content (AvgIpc) is 2.90. The first-order valence-electron chi connectivity index (χ1n) is 7.68. The minimum absolute atomic E-state index is 0. The van der Waals surface area contributed by atoms with Crippen molar-refractivity contribution in [1.29, 1.82) is 0 Å². The predicted octanol–water partition coefficient (Wildman–Crippen LogP) is 1.60. The molecule has 0 saturated carbocycles. The lowest BCUT2D eigenvalue weighted by Gasteiger charge is -2.35. The fourth-order valence-corrected chi connectivity index (χ4v) is 3.23. The second-order valence-electron chi connectivity index (χ2n) is 6.16. The second-order valence-corrected chi connectivity index (χ2v) is 6.16. The van der Waals surface area contributed by atoms with Gasteiger partial charge in [-0.05, 0) is 44.8 Å². The summed E-state index contributed by atoms with van der Waals surface area (Å²) in [7, 11) is 1.53. The fourth-order valence-electron chi connectivity index (χ4n) is 3.23. The van der Waals surface area contributed by atoms with E-state index >= 15 is 0 Å². The molecule has 0 aliphatic carbocycles. The molecule has 2 rings (SSSR count). The highest BCUT2D eigenvalue weighted by Crippen LogP contribution is 2.24. The largest absolute Gasteiger partial charge is 0.401 e. The molecule has 0 aromatic heterocycles. The summed E-state index contributed by atoms with van der Waals surface area (Å²) in [4.78, 5) is 13.8. The van der Waals surface area contributed by atoms with Crippen molar-refractivity contribution in [3.63, 3.8) is 0 Å². The van der Waals surface area contributed by atoms with E-state index in [1.807, 2.05) is 0 Å². The van der Waals surface area contributed by atoms with E-state index in [1.54, 1.807) is 0 Å². The van der Waals surface area contributed by atoms with E-state index in [2.05, 4.69) is 10.6 Å². The molecule has 1 amide bonds. The van der Waals surface area contributed by atoms with E-state index in [-0.39, 0.29) is 36.6 Å². The molecule has 1 atom stereocenters. The third-order valence-corrected chi connectivity index (χ3v) is 4.54. The van der Waals surface area contributed by atoms with Crippen LogP contribution in [0.25, 0.3) is 0 Å². The number of amides is 1. The first-order valence-corrected chi connectivity index (χ1v) is 7.68. The van der Waals surface area contributed by atoms with Gasteiger partial charge in [0.15, 0.2) is 0 Å². The summed E-state index contributed by atoms with van der Waals surface area (Å²) in [6.45, 7) is 1.80. The molecule has 0 bridgehead atoms. The number of carbonyl (C=O) groups is 1. The summed E-state index contributed by atoms with van der Waals surface area (Å²) < 4.78 is 42.5. The number of likely N-dealkylation sites (tertiary alicyclic amines) is 1.